The van der Waals surface area contributed by atoms with Gasteiger partial charge in [0, 0.05) is 19.1 Å². The fourth-order valence-corrected chi connectivity index (χ4v) is 2.58. The average molecular weight is 198 g/mol. The minimum Gasteiger partial charge on any atom is -0.481 e. The molecular formula is C10H18N2O2. The fraction of sp³-hybridized carbons (Fsp3) is 0.900. The Kier molecular flexibility index (Phi) is 3.03. The summed E-state index contributed by atoms with van der Waals surface area (Å²) in [7, 11) is 0. The van der Waals surface area contributed by atoms with Gasteiger partial charge in [-0.25, -0.2) is 0 Å². The minimum atomic E-state index is -0.707. The molecule has 0 saturated carbocycles. The summed E-state index contributed by atoms with van der Waals surface area (Å²) < 4.78 is 0. The van der Waals surface area contributed by atoms with E-state index >= 15 is 0 Å². The number of carbonyl (C=O) groups is 1. The summed E-state index contributed by atoms with van der Waals surface area (Å²) in [5.41, 5.74) is 0. The smallest absolute Gasteiger partial charge is 0.304 e. The number of carboxylic acids is 1. The molecule has 14 heavy (non-hydrogen) atoms. The van der Waals surface area contributed by atoms with Gasteiger partial charge in [0.05, 0.1) is 6.42 Å². The first-order valence-electron chi connectivity index (χ1n) is 5.43. The van der Waals surface area contributed by atoms with Crippen LogP contribution in [0.15, 0.2) is 0 Å². The van der Waals surface area contributed by atoms with Gasteiger partial charge in [0.1, 0.15) is 0 Å². The van der Waals surface area contributed by atoms with Gasteiger partial charge in [0.2, 0.25) is 0 Å². The third kappa shape index (κ3) is 2.25. The summed E-state index contributed by atoms with van der Waals surface area (Å²) >= 11 is 0. The molecule has 0 radical (unpaired) electrons. The standard InChI is InChI=1S/C10H18N2O2/c13-10(14)1-4-11-9-3-6-12-5-2-8(9)7-12/h8-9,11H,1-7H2,(H,13,14). The largest absolute Gasteiger partial charge is 0.481 e. The van der Waals surface area contributed by atoms with E-state index < -0.39 is 5.97 Å². The van der Waals surface area contributed by atoms with Crippen molar-refractivity contribution in [2.75, 3.05) is 26.2 Å². The fourth-order valence-electron chi connectivity index (χ4n) is 2.58. The van der Waals surface area contributed by atoms with Crippen LogP contribution in [0.4, 0.5) is 0 Å². The van der Waals surface area contributed by atoms with Crippen LogP contribution in [-0.4, -0.2) is 48.2 Å². The second kappa shape index (κ2) is 4.28. The maximum absolute atomic E-state index is 10.4. The van der Waals surface area contributed by atoms with Crippen LogP contribution in [0.2, 0.25) is 0 Å². The van der Waals surface area contributed by atoms with Gasteiger partial charge in [-0.1, -0.05) is 0 Å². The number of fused-ring (bicyclic) bond motifs is 2. The van der Waals surface area contributed by atoms with Crippen LogP contribution in [0.25, 0.3) is 0 Å². The van der Waals surface area contributed by atoms with Crippen LogP contribution in [0, 0.1) is 5.92 Å². The van der Waals surface area contributed by atoms with Gasteiger partial charge in [0.25, 0.3) is 0 Å². The zero-order chi connectivity index (χ0) is 9.97. The maximum atomic E-state index is 10.4. The Balaban J connectivity index is 1.72. The van der Waals surface area contributed by atoms with Gasteiger partial charge in [-0.3, -0.25) is 4.79 Å². The predicted molar refractivity (Wildman–Crippen MR) is 53.2 cm³/mol. The Bertz CT molecular complexity index is 220. The number of hydrogen-bond acceptors (Lipinski definition) is 3. The SMILES string of the molecule is O=C(O)CCNC1CCN2CCC1C2. The van der Waals surface area contributed by atoms with Crippen LogP contribution in [0.1, 0.15) is 19.3 Å². The second-order valence-electron chi connectivity index (χ2n) is 4.34. The highest BCUT2D eigenvalue weighted by atomic mass is 16.4. The summed E-state index contributed by atoms with van der Waals surface area (Å²) in [4.78, 5) is 12.9. The van der Waals surface area contributed by atoms with Crippen molar-refractivity contribution in [3.05, 3.63) is 0 Å². The first-order chi connectivity index (χ1) is 6.75. The Morgan fingerprint density at radius 3 is 3.00 bits per heavy atom. The second-order valence-corrected chi connectivity index (χ2v) is 4.34. The molecule has 0 spiro atoms. The van der Waals surface area contributed by atoms with Crippen LogP contribution in [-0.2, 0) is 4.79 Å². The van der Waals surface area contributed by atoms with E-state index in [-0.39, 0.29) is 6.42 Å². The molecule has 2 saturated heterocycles. The van der Waals surface area contributed by atoms with Gasteiger partial charge in [-0.2, -0.15) is 0 Å². The lowest BCUT2D eigenvalue weighted by Gasteiger charge is -2.30. The van der Waals surface area contributed by atoms with Crippen molar-refractivity contribution in [2.24, 2.45) is 5.92 Å². The molecule has 3 unspecified atom stereocenters. The Labute approximate surface area is 84.3 Å². The predicted octanol–water partition coefficient (Wildman–Crippen LogP) is 0.145. The molecule has 4 nitrogen and oxygen atoms in total. The van der Waals surface area contributed by atoms with E-state index in [1.54, 1.807) is 0 Å². The van der Waals surface area contributed by atoms with Crippen molar-refractivity contribution in [1.29, 1.82) is 0 Å². The van der Waals surface area contributed by atoms with Gasteiger partial charge in [-0.15, -0.1) is 0 Å². The van der Waals surface area contributed by atoms with Crippen LogP contribution in [0.3, 0.4) is 0 Å². The molecule has 2 heterocycles. The molecule has 80 valence electrons. The van der Waals surface area contributed by atoms with Gasteiger partial charge in [0.15, 0.2) is 0 Å². The molecule has 0 amide bonds. The monoisotopic (exact) mass is 198 g/mol. The summed E-state index contributed by atoms with van der Waals surface area (Å²) in [6, 6.07) is 0.563. The van der Waals surface area contributed by atoms with Crippen molar-refractivity contribution in [3.8, 4) is 0 Å². The van der Waals surface area contributed by atoms with Crippen molar-refractivity contribution in [1.82, 2.24) is 10.2 Å². The van der Waals surface area contributed by atoms with E-state index in [1.165, 1.54) is 32.5 Å². The first-order valence-corrected chi connectivity index (χ1v) is 5.43. The molecule has 2 rings (SSSR count). The normalized spacial score (nSPS) is 35.9. The van der Waals surface area contributed by atoms with Gasteiger partial charge in [-0.05, 0) is 31.8 Å². The molecule has 2 aliphatic heterocycles. The highest BCUT2D eigenvalue weighted by Crippen LogP contribution is 2.26. The molecule has 2 fully saturated rings. The van der Waals surface area contributed by atoms with E-state index in [9.17, 15) is 4.79 Å². The highest BCUT2D eigenvalue weighted by molar-refractivity contribution is 5.66. The third-order valence-electron chi connectivity index (χ3n) is 3.38. The van der Waals surface area contributed by atoms with E-state index in [0.29, 0.717) is 12.6 Å². The van der Waals surface area contributed by atoms with E-state index in [2.05, 4.69) is 10.2 Å². The Morgan fingerprint density at radius 2 is 2.21 bits per heavy atom. The molecule has 3 atom stereocenters. The molecule has 2 N–H and O–H groups in total. The van der Waals surface area contributed by atoms with Gasteiger partial charge >= 0.3 is 5.97 Å². The summed E-state index contributed by atoms with van der Waals surface area (Å²) in [5.74, 6) is 0.0545. The zero-order valence-electron chi connectivity index (χ0n) is 8.41. The zero-order valence-corrected chi connectivity index (χ0v) is 8.41. The van der Waals surface area contributed by atoms with Crippen LogP contribution < -0.4 is 5.32 Å². The highest BCUT2D eigenvalue weighted by Gasteiger charge is 2.33. The number of hydrogen-bond donors (Lipinski definition) is 2. The third-order valence-corrected chi connectivity index (χ3v) is 3.38. The van der Waals surface area contributed by atoms with E-state index in [0.717, 1.165) is 5.92 Å². The molecule has 2 bridgehead atoms. The van der Waals surface area contributed by atoms with Crippen LogP contribution in [0.5, 0.6) is 0 Å². The van der Waals surface area contributed by atoms with Crippen molar-refractivity contribution >= 4 is 5.97 Å². The molecule has 0 aromatic rings. The first kappa shape index (κ1) is 9.93. The van der Waals surface area contributed by atoms with Crippen LogP contribution >= 0.6 is 0 Å². The molecule has 0 aromatic heterocycles. The lowest BCUT2D eigenvalue weighted by Crippen LogP contribution is -2.44. The topological polar surface area (TPSA) is 52.6 Å². The number of carboxylic acid groups (broad SMARTS) is 1. The number of nitrogens with zero attached hydrogens (tertiary/aromatic N) is 1. The molecule has 0 aliphatic carbocycles. The molecular weight excluding hydrogens is 180 g/mol. The quantitative estimate of drug-likeness (QED) is 0.675. The van der Waals surface area contributed by atoms with Crippen molar-refractivity contribution < 1.29 is 9.90 Å². The average Bonchev–Trinajstić information content (AvgIpc) is 2.52. The Hall–Kier alpha value is -0.610. The number of nitrogens with one attached hydrogen (secondary N) is 1. The molecule has 4 heteroatoms. The van der Waals surface area contributed by atoms with Crippen molar-refractivity contribution in [2.45, 2.75) is 25.3 Å². The number of rotatable bonds is 4. The Morgan fingerprint density at radius 1 is 1.43 bits per heavy atom. The van der Waals surface area contributed by atoms with Gasteiger partial charge < -0.3 is 15.3 Å². The lowest BCUT2D eigenvalue weighted by atomic mass is 9.94. The number of aliphatic carboxylic acids is 1. The summed E-state index contributed by atoms with van der Waals surface area (Å²) in [6.45, 7) is 4.25. The lowest BCUT2D eigenvalue weighted by molar-refractivity contribution is -0.136. The molecule has 2 aliphatic rings. The number of piperidine rings is 1. The summed E-state index contributed by atoms with van der Waals surface area (Å²) in [6.07, 6.45) is 2.71. The summed E-state index contributed by atoms with van der Waals surface area (Å²) in [5, 5.41) is 11.9. The van der Waals surface area contributed by atoms with E-state index in [1.807, 2.05) is 0 Å². The van der Waals surface area contributed by atoms with Crippen molar-refractivity contribution in [3.63, 3.8) is 0 Å². The maximum Gasteiger partial charge on any atom is 0.304 e. The molecule has 0 aromatic carbocycles. The van der Waals surface area contributed by atoms with E-state index in [4.69, 9.17) is 5.11 Å². The minimum absolute atomic E-state index is 0.243.